The molecule has 3 aliphatic carbocycles. The summed E-state index contributed by atoms with van der Waals surface area (Å²) in [5.74, 6) is 4.95. The number of ether oxygens (including phenoxy) is 1. The van der Waals surface area contributed by atoms with Crippen molar-refractivity contribution in [3.8, 4) is 0 Å². The quantitative estimate of drug-likeness (QED) is 0.203. The lowest BCUT2D eigenvalue weighted by Crippen LogP contribution is -2.23. The van der Waals surface area contributed by atoms with Crippen molar-refractivity contribution >= 4 is 0 Å². The van der Waals surface area contributed by atoms with Crippen LogP contribution in [0.5, 0.6) is 0 Å². The Morgan fingerprint density at radius 2 is 1.09 bits per heavy atom. The molecule has 1 nitrogen and oxygen atoms in total. The van der Waals surface area contributed by atoms with Crippen LogP contribution in [-0.4, -0.2) is 12.7 Å². The van der Waals surface area contributed by atoms with Gasteiger partial charge in [0.15, 0.2) is 0 Å². The van der Waals surface area contributed by atoms with Crippen LogP contribution in [0.15, 0.2) is 12.2 Å². The SMILES string of the molecule is CCCCCC1CCC(/C=C/COC2CCC(CCC3CCC(CCC)CC3)CC2)CC1. The van der Waals surface area contributed by atoms with Crippen molar-refractivity contribution in [2.45, 2.75) is 148 Å². The monoisotopic (exact) mass is 444 g/mol. The molecule has 186 valence electrons. The van der Waals surface area contributed by atoms with Crippen LogP contribution in [0.25, 0.3) is 0 Å². The second-order valence-electron chi connectivity index (χ2n) is 11.9. The molecule has 0 heterocycles. The van der Waals surface area contributed by atoms with Gasteiger partial charge in [-0.25, -0.2) is 0 Å². The average Bonchev–Trinajstić information content (AvgIpc) is 2.83. The first-order valence-corrected chi connectivity index (χ1v) is 15.0. The van der Waals surface area contributed by atoms with E-state index in [1.165, 1.54) is 128 Å². The minimum absolute atomic E-state index is 0.537. The van der Waals surface area contributed by atoms with Gasteiger partial charge in [0.1, 0.15) is 0 Å². The summed E-state index contributed by atoms with van der Waals surface area (Å²) in [5, 5.41) is 0. The Bertz CT molecular complexity index is 473. The molecule has 0 aromatic heterocycles. The van der Waals surface area contributed by atoms with Crippen LogP contribution in [0, 0.1) is 29.6 Å². The molecule has 3 saturated carbocycles. The second-order valence-corrected chi connectivity index (χ2v) is 11.9. The van der Waals surface area contributed by atoms with Crippen LogP contribution >= 0.6 is 0 Å². The first-order valence-electron chi connectivity index (χ1n) is 15.0. The lowest BCUT2D eigenvalue weighted by molar-refractivity contribution is 0.0323. The maximum atomic E-state index is 6.25. The molecule has 0 radical (unpaired) electrons. The first kappa shape index (κ1) is 26.3. The zero-order valence-corrected chi connectivity index (χ0v) is 21.9. The van der Waals surface area contributed by atoms with Crippen molar-refractivity contribution in [2.75, 3.05) is 6.61 Å². The van der Waals surface area contributed by atoms with Crippen molar-refractivity contribution in [1.82, 2.24) is 0 Å². The molecule has 0 aromatic rings. The summed E-state index contributed by atoms with van der Waals surface area (Å²) in [4.78, 5) is 0. The molecule has 0 aromatic carbocycles. The molecule has 0 N–H and O–H groups in total. The molecule has 3 fully saturated rings. The van der Waals surface area contributed by atoms with E-state index < -0.39 is 0 Å². The molecule has 32 heavy (non-hydrogen) atoms. The lowest BCUT2D eigenvalue weighted by atomic mass is 9.76. The van der Waals surface area contributed by atoms with Crippen molar-refractivity contribution in [2.24, 2.45) is 29.6 Å². The maximum Gasteiger partial charge on any atom is 0.0651 e. The van der Waals surface area contributed by atoms with E-state index in [0.29, 0.717) is 6.10 Å². The van der Waals surface area contributed by atoms with Crippen LogP contribution in [0.3, 0.4) is 0 Å². The minimum atomic E-state index is 0.537. The normalized spacial score (nSPS) is 34.2. The molecular weight excluding hydrogens is 388 g/mol. The fourth-order valence-corrected chi connectivity index (χ4v) is 7.07. The fourth-order valence-electron chi connectivity index (χ4n) is 7.07. The van der Waals surface area contributed by atoms with Crippen LogP contribution in [0.2, 0.25) is 0 Å². The zero-order valence-electron chi connectivity index (χ0n) is 21.9. The average molecular weight is 445 g/mol. The van der Waals surface area contributed by atoms with E-state index in [-0.39, 0.29) is 0 Å². The van der Waals surface area contributed by atoms with E-state index in [2.05, 4.69) is 26.0 Å². The molecule has 0 atom stereocenters. The van der Waals surface area contributed by atoms with Gasteiger partial charge in [-0.1, -0.05) is 103 Å². The van der Waals surface area contributed by atoms with Crippen molar-refractivity contribution in [3.05, 3.63) is 12.2 Å². The highest BCUT2D eigenvalue weighted by Crippen LogP contribution is 2.37. The van der Waals surface area contributed by atoms with Gasteiger partial charge >= 0.3 is 0 Å². The third kappa shape index (κ3) is 9.90. The Morgan fingerprint density at radius 3 is 1.69 bits per heavy atom. The molecule has 0 amide bonds. The number of allylic oxidation sites excluding steroid dienone is 1. The molecular formula is C31H56O. The first-order chi connectivity index (χ1) is 15.8. The van der Waals surface area contributed by atoms with Gasteiger partial charge in [-0.05, 0) is 81.0 Å². The molecule has 0 spiro atoms. The maximum absolute atomic E-state index is 6.25. The highest BCUT2D eigenvalue weighted by Gasteiger charge is 2.25. The van der Waals surface area contributed by atoms with Crippen molar-refractivity contribution in [3.63, 3.8) is 0 Å². The highest BCUT2D eigenvalue weighted by atomic mass is 16.5. The number of unbranched alkanes of at least 4 members (excludes halogenated alkanes) is 2. The lowest BCUT2D eigenvalue weighted by Gasteiger charge is -2.32. The van der Waals surface area contributed by atoms with E-state index in [9.17, 15) is 0 Å². The van der Waals surface area contributed by atoms with Gasteiger partial charge in [0.25, 0.3) is 0 Å². The second kappa shape index (κ2) is 15.6. The predicted octanol–water partition coefficient (Wildman–Crippen LogP) is 9.89. The standard InChI is InChI=1S/C31H56O/c1-3-5-6-9-27-13-15-28(16-14-27)10-7-25-32-31-23-21-30(22-24-31)20-19-29-17-11-26(8-4-2)12-18-29/h7,10,26-31H,3-6,8-9,11-25H2,1-2H3/b10-7+. The topological polar surface area (TPSA) is 9.23 Å². The summed E-state index contributed by atoms with van der Waals surface area (Å²) in [5.41, 5.74) is 0. The Kier molecular flexibility index (Phi) is 12.8. The summed E-state index contributed by atoms with van der Waals surface area (Å²) in [7, 11) is 0. The summed E-state index contributed by atoms with van der Waals surface area (Å²) >= 11 is 0. The largest absolute Gasteiger partial charge is 0.374 e. The fraction of sp³-hybridized carbons (Fsp3) is 0.935. The smallest absolute Gasteiger partial charge is 0.0651 e. The molecule has 0 saturated heterocycles. The van der Waals surface area contributed by atoms with Crippen LogP contribution < -0.4 is 0 Å². The van der Waals surface area contributed by atoms with Gasteiger partial charge in [-0.2, -0.15) is 0 Å². The van der Waals surface area contributed by atoms with Crippen molar-refractivity contribution in [1.29, 1.82) is 0 Å². The number of rotatable bonds is 13. The molecule has 3 rings (SSSR count). The van der Waals surface area contributed by atoms with Gasteiger partial charge < -0.3 is 4.74 Å². The third-order valence-electron chi connectivity index (χ3n) is 9.38. The summed E-state index contributed by atoms with van der Waals surface area (Å²) < 4.78 is 6.25. The zero-order chi connectivity index (χ0) is 22.4. The van der Waals surface area contributed by atoms with Gasteiger partial charge in [0, 0.05) is 0 Å². The van der Waals surface area contributed by atoms with E-state index >= 15 is 0 Å². The van der Waals surface area contributed by atoms with Crippen molar-refractivity contribution < 1.29 is 4.74 Å². The summed E-state index contributed by atoms with van der Waals surface area (Å²) in [6.07, 6.45) is 34.3. The number of hydrogen-bond donors (Lipinski definition) is 0. The van der Waals surface area contributed by atoms with Crippen LogP contribution in [0.1, 0.15) is 142 Å². The Balaban J connectivity index is 1.18. The minimum Gasteiger partial charge on any atom is -0.374 e. The molecule has 0 bridgehead atoms. The summed E-state index contributed by atoms with van der Waals surface area (Å²) in [6.45, 7) is 5.52. The Hall–Kier alpha value is -0.300. The number of hydrogen-bond acceptors (Lipinski definition) is 1. The van der Waals surface area contributed by atoms with E-state index in [4.69, 9.17) is 4.74 Å². The molecule has 1 heteroatoms. The van der Waals surface area contributed by atoms with E-state index in [1.807, 2.05) is 0 Å². The van der Waals surface area contributed by atoms with Gasteiger partial charge in [0.2, 0.25) is 0 Å². The van der Waals surface area contributed by atoms with Gasteiger partial charge in [-0.3, -0.25) is 0 Å². The Morgan fingerprint density at radius 1 is 0.562 bits per heavy atom. The predicted molar refractivity (Wildman–Crippen MR) is 140 cm³/mol. The third-order valence-corrected chi connectivity index (χ3v) is 9.38. The Labute approximate surface area is 201 Å². The van der Waals surface area contributed by atoms with E-state index in [1.54, 1.807) is 0 Å². The summed E-state index contributed by atoms with van der Waals surface area (Å²) in [6, 6.07) is 0. The van der Waals surface area contributed by atoms with E-state index in [0.717, 1.165) is 36.2 Å². The molecule has 3 aliphatic rings. The highest BCUT2D eigenvalue weighted by molar-refractivity contribution is 4.91. The van der Waals surface area contributed by atoms with Crippen LogP contribution in [-0.2, 0) is 4.74 Å². The van der Waals surface area contributed by atoms with Gasteiger partial charge in [-0.15, -0.1) is 0 Å². The molecule has 0 unspecified atom stereocenters. The van der Waals surface area contributed by atoms with Crippen LogP contribution in [0.4, 0.5) is 0 Å². The van der Waals surface area contributed by atoms with Gasteiger partial charge in [0.05, 0.1) is 12.7 Å². The molecule has 0 aliphatic heterocycles.